The van der Waals surface area contributed by atoms with Gasteiger partial charge in [-0.3, -0.25) is 0 Å². The maximum absolute atomic E-state index is 6.00. The molecule has 78 valence electrons. The van der Waals surface area contributed by atoms with Crippen molar-refractivity contribution in [2.75, 3.05) is 6.54 Å². The van der Waals surface area contributed by atoms with Crippen molar-refractivity contribution in [1.82, 2.24) is 0 Å². The first kappa shape index (κ1) is 11.0. The summed E-state index contributed by atoms with van der Waals surface area (Å²) in [6, 6.07) is 0. The van der Waals surface area contributed by atoms with Gasteiger partial charge in [-0.15, -0.1) is 0 Å². The van der Waals surface area contributed by atoms with Gasteiger partial charge >= 0.3 is 0 Å². The molecule has 0 amide bonds. The highest BCUT2D eigenvalue weighted by molar-refractivity contribution is 4.87. The average Bonchev–Trinajstić information content (AvgIpc) is 2.67. The van der Waals surface area contributed by atoms with E-state index in [0.29, 0.717) is 6.54 Å². The highest BCUT2D eigenvalue weighted by atomic mass is 16.5. The molecule has 0 aromatic carbocycles. The Hall–Kier alpha value is -0.0800. The largest absolute Gasteiger partial charge is 0.368 e. The summed E-state index contributed by atoms with van der Waals surface area (Å²) < 4.78 is 6.00. The van der Waals surface area contributed by atoms with Crippen molar-refractivity contribution in [2.45, 2.75) is 58.2 Å². The molecule has 0 heterocycles. The summed E-state index contributed by atoms with van der Waals surface area (Å²) in [5.41, 5.74) is 5.57. The van der Waals surface area contributed by atoms with Crippen LogP contribution in [0.5, 0.6) is 0 Å². The van der Waals surface area contributed by atoms with Gasteiger partial charge in [0.1, 0.15) is 0 Å². The van der Waals surface area contributed by atoms with Gasteiger partial charge in [-0.05, 0) is 40.0 Å². The Balaban J connectivity index is 2.46. The van der Waals surface area contributed by atoms with Crippen molar-refractivity contribution < 1.29 is 4.74 Å². The molecular formula is C11H23NO. The molecule has 0 bridgehead atoms. The minimum Gasteiger partial charge on any atom is -0.368 e. The molecule has 13 heavy (non-hydrogen) atoms. The van der Waals surface area contributed by atoms with Gasteiger partial charge in [-0.25, -0.2) is 0 Å². The third-order valence-electron chi connectivity index (χ3n) is 2.40. The van der Waals surface area contributed by atoms with Crippen LogP contribution in [-0.2, 0) is 4.74 Å². The fourth-order valence-electron chi connectivity index (χ4n) is 1.84. The summed E-state index contributed by atoms with van der Waals surface area (Å²) in [4.78, 5) is 0. The van der Waals surface area contributed by atoms with Gasteiger partial charge in [0.05, 0.1) is 11.2 Å². The van der Waals surface area contributed by atoms with Crippen LogP contribution < -0.4 is 5.73 Å². The zero-order valence-electron chi connectivity index (χ0n) is 9.39. The smallest absolute Gasteiger partial charge is 0.0785 e. The molecule has 0 saturated heterocycles. The fraction of sp³-hybridized carbons (Fsp3) is 1.00. The topological polar surface area (TPSA) is 35.2 Å². The molecule has 1 atom stereocenters. The molecule has 1 rings (SSSR count). The molecule has 1 saturated carbocycles. The lowest BCUT2D eigenvalue weighted by atomic mass is 9.97. The lowest BCUT2D eigenvalue weighted by Crippen LogP contribution is -2.43. The lowest BCUT2D eigenvalue weighted by molar-refractivity contribution is -0.123. The highest BCUT2D eigenvalue weighted by Crippen LogP contribution is 2.38. The van der Waals surface area contributed by atoms with E-state index in [1.165, 1.54) is 12.8 Å². The number of nitrogens with two attached hydrogens (primary N) is 1. The van der Waals surface area contributed by atoms with E-state index in [0.717, 1.165) is 12.3 Å². The van der Waals surface area contributed by atoms with E-state index in [1.807, 2.05) is 0 Å². The van der Waals surface area contributed by atoms with Crippen molar-refractivity contribution in [3.8, 4) is 0 Å². The van der Waals surface area contributed by atoms with Crippen molar-refractivity contribution in [2.24, 2.45) is 11.7 Å². The highest BCUT2D eigenvalue weighted by Gasteiger charge is 2.35. The summed E-state index contributed by atoms with van der Waals surface area (Å²) >= 11 is 0. The summed E-state index contributed by atoms with van der Waals surface area (Å²) in [5.74, 6) is 0.871. The predicted octanol–water partition coefficient (Wildman–Crippen LogP) is 2.32. The van der Waals surface area contributed by atoms with E-state index >= 15 is 0 Å². The van der Waals surface area contributed by atoms with E-state index < -0.39 is 0 Å². The lowest BCUT2D eigenvalue weighted by Gasteiger charge is -2.36. The van der Waals surface area contributed by atoms with E-state index in [-0.39, 0.29) is 11.2 Å². The summed E-state index contributed by atoms with van der Waals surface area (Å²) in [5, 5.41) is 0. The minimum absolute atomic E-state index is 0.0803. The van der Waals surface area contributed by atoms with E-state index in [1.54, 1.807) is 0 Å². The predicted molar refractivity (Wildman–Crippen MR) is 55.6 cm³/mol. The summed E-state index contributed by atoms with van der Waals surface area (Å²) in [6.07, 6.45) is 3.85. The number of rotatable bonds is 4. The monoisotopic (exact) mass is 185 g/mol. The molecule has 1 unspecified atom stereocenters. The third-order valence-corrected chi connectivity index (χ3v) is 2.40. The van der Waals surface area contributed by atoms with Gasteiger partial charge in [-0.2, -0.15) is 0 Å². The SMILES string of the molecule is CC(C)(C)OC(C)(CN)CC1CC1. The molecule has 0 aromatic heterocycles. The van der Waals surface area contributed by atoms with Crippen LogP contribution in [0.3, 0.4) is 0 Å². The third kappa shape index (κ3) is 4.10. The van der Waals surface area contributed by atoms with Crippen LogP contribution in [0.1, 0.15) is 47.0 Å². The molecule has 2 N–H and O–H groups in total. The van der Waals surface area contributed by atoms with Crippen LogP contribution in [0, 0.1) is 5.92 Å². The van der Waals surface area contributed by atoms with Crippen molar-refractivity contribution >= 4 is 0 Å². The maximum atomic E-state index is 6.00. The van der Waals surface area contributed by atoms with Gasteiger partial charge in [0.15, 0.2) is 0 Å². The van der Waals surface area contributed by atoms with Gasteiger partial charge < -0.3 is 10.5 Å². The Bertz CT molecular complexity index is 169. The standard InChI is InChI=1S/C11H23NO/c1-10(2,3)13-11(4,8-12)7-9-5-6-9/h9H,5-8,12H2,1-4H3. The van der Waals surface area contributed by atoms with Crippen LogP contribution in [0.2, 0.25) is 0 Å². The first-order chi connectivity index (χ1) is 5.85. The summed E-state index contributed by atoms with van der Waals surface area (Å²) in [6.45, 7) is 9.03. The Labute approximate surface area is 81.8 Å². The second-order valence-electron chi connectivity index (χ2n) is 5.52. The maximum Gasteiger partial charge on any atom is 0.0785 e. The van der Waals surface area contributed by atoms with Crippen LogP contribution >= 0.6 is 0 Å². The zero-order chi connectivity index (χ0) is 10.1. The molecule has 1 fully saturated rings. The first-order valence-corrected chi connectivity index (χ1v) is 5.25. The van der Waals surface area contributed by atoms with Gasteiger partial charge in [0, 0.05) is 6.54 Å². The van der Waals surface area contributed by atoms with Crippen LogP contribution in [-0.4, -0.2) is 17.7 Å². The van der Waals surface area contributed by atoms with E-state index in [4.69, 9.17) is 10.5 Å². The Morgan fingerprint density at radius 1 is 1.23 bits per heavy atom. The normalized spacial score (nSPS) is 22.8. The van der Waals surface area contributed by atoms with E-state index in [2.05, 4.69) is 27.7 Å². The van der Waals surface area contributed by atoms with Gasteiger partial charge in [0.25, 0.3) is 0 Å². The molecule has 0 spiro atoms. The molecule has 1 aliphatic rings. The van der Waals surface area contributed by atoms with Crippen LogP contribution in [0.4, 0.5) is 0 Å². The quantitative estimate of drug-likeness (QED) is 0.729. The van der Waals surface area contributed by atoms with Crippen LogP contribution in [0.25, 0.3) is 0 Å². The van der Waals surface area contributed by atoms with Gasteiger partial charge in [0.2, 0.25) is 0 Å². The van der Waals surface area contributed by atoms with E-state index in [9.17, 15) is 0 Å². The second-order valence-corrected chi connectivity index (χ2v) is 5.52. The number of hydrogen-bond donors (Lipinski definition) is 1. The van der Waals surface area contributed by atoms with Crippen molar-refractivity contribution in [1.29, 1.82) is 0 Å². The Morgan fingerprint density at radius 3 is 2.08 bits per heavy atom. The van der Waals surface area contributed by atoms with Gasteiger partial charge in [-0.1, -0.05) is 12.8 Å². The molecule has 0 aromatic rings. The second kappa shape index (κ2) is 3.58. The molecule has 2 nitrogen and oxygen atoms in total. The molecule has 2 heteroatoms. The van der Waals surface area contributed by atoms with Crippen molar-refractivity contribution in [3.05, 3.63) is 0 Å². The molecule has 1 aliphatic carbocycles. The fourth-order valence-corrected chi connectivity index (χ4v) is 1.84. The Morgan fingerprint density at radius 2 is 1.77 bits per heavy atom. The summed E-state index contributed by atoms with van der Waals surface area (Å²) in [7, 11) is 0. The Kier molecular flexibility index (Phi) is 3.03. The zero-order valence-corrected chi connectivity index (χ0v) is 9.39. The molecular weight excluding hydrogens is 162 g/mol. The molecule has 0 radical (unpaired) electrons. The van der Waals surface area contributed by atoms with Crippen molar-refractivity contribution in [3.63, 3.8) is 0 Å². The first-order valence-electron chi connectivity index (χ1n) is 5.25. The minimum atomic E-state index is -0.112. The van der Waals surface area contributed by atoms with Crippen LogP contribution in [0.15, 0.2) is 0 Å². The molecule has 0 aliphatic heterocycles. The number of ether oxygens (including phenoxy) is 1. The number of hydrogen-bond acceptors (Lipinski definition) is 2. The average molecular weight is 185 g/mol.